The summed E-state index contributed by atoms with van der Waals surface area (Å²) in [5, 5.41) is 12.4. The number of ether oxygens (including phenoxy) is 1. The number of aliphatic hydroxyl groups is 1. The number of aromatic nitrogens is 1. The average molecular weight is 437 g/mol. The molecule has 1 aliphatic heterocycles. The normalized spacial score (nSPS) is 17.0. The van der Waals surface area contributed by atoms with E-state index >= 15 is 0 Å². The lowest BCUT2D eigenvalue weighted by Crippen LogP contribution is -2.42. The third-order valence-electron chi connectivity index (χ3n) is 5.34. The smallest absolute Gasteiger partial charge is 0.123 e. The molecule has 0 radical (unpaired) electrons. The highest BCUT2D eigenvalue weighted by atomic mass is 35.5. The van der Waals surface area contributed by atoms with E-state index in [-0.39, 0.29) is 11.9 Å². The standard InChI is InChI=1S/C22H23Cl2FN2O2/c23-20-3-2-19(12-21(20)24)29-18-6-8-26(9-7-18)13-17(28)14-27-10-5-15-11-16(25)1-4-22(15)27/h1-5,10-12,17-18,28H,6-9,13-14H2/t17-/m1/s1. The van der Waals surface area contributed by atoms with Gasteiger partial charge >= 0.3 is 0 Å². The van der Waals surface area contributed by atoms with Crippen molar-refractivity contribution in [3.8, 4) is 5.75 Å². The van der Waals surface area contributed by atoms with Crippen molar-refractivity contribution in [3.63, 3.8) is 0 Å². The van der Waals surface area contributed by atoms with Crippen LogP contribution in [-0.2, 0) is 6.54 Å². The van der Waals surface area contributed by atoms with Crippen molar-refractivity contribution in [2.75, 3.05) is 19.6 Å². The van der Waals surface area contributed by atoms with Crippen LogP contribution in [0.15, 0.2) is 48.7 Å². The largest absolute Gasteiger partial charge is 0.490 e. The van der Waals surface area contributed by atoms with E-state index < -0.39 is 6.10 Å². The van der Waals surface area contributed by atoms with Crippen molar-refractivity contribution >= 4 is 34.1 Å². The lowest BCUT2D eigenvalue weighted by Gasteiger charge is -2.33. The topological polar surface area (TPSA) is 37.6 Å². The summed E-state index contributed by atoms with van der Waals surface area (Å²) in [7, 11) is 0. The Labute approximate surface area is 179 Å². The SMILES string of the molecule is O[C@H](CN1CCC(Oc2ccc(Cl)c(Cl)c2)CC1)Cn1ccc2cc(F)ccc21. The summed E-state index contributed by atoms with van der Waals surface area (Å²) in [5.74, 6) is 0.482. The first-order valence-electron chi connectivity index (χ1n) is 9.74. The predicted octanol–water partition coefficient (Wildman–Crippen LogP) is 4.99. The van der Waals surface area contributed by atoms with Crippen LogP contribution in [0, 0.1) is 5.82 Å². The lowest BCUT2D eigenvalue weighted by atomic mass is 10.1. The molecule has 1 atom stereocenters. The van der Waals surface area contributed by atoms with Gasteiger partial charge in [-0.1, -0.05) is 23.2 Å². The monoisotopic (exact) mass is 436 g/mol. The molecule has 1 saturated heterocycles. The Morgan fingerprint density at radius 2 is 1.83 bits per heavy atom. The number of β-amino-alcohol motifs (C(OH)–C–C–N with tert-alkyl or cyclic N) is 1. The summed E-state index contributed by atoms with van der Waals surface area (Å²) in [5.41, 5.74) is 0.930. The second-order valence-corrected chi connectivity index (χ2v) is 8.33. The summed E-state index contributed by atoms with van der Waals surface area (Å²) >= 11 is 12.0. The van der Waals surface area contributed by atoms with Gasteiger partial charge in [0, 0.05) is 49.3 Å². The van der Waals surface area contributed by atoms with Crippen LogP contribution in [0.1, 0.15) is 12.8 Å². The molecule has 0 bridgehead atoms. The number of aliphatic hydroxyl groups excluding tert-OH is 1. The zero-order valence-electron chi connectivity index (χ0n) is 15.9. The number of rotatable bonds is 6. The average Bonchev–Trinajstić information content (AvgIpc) is 3.08. The van der Waals surface area contributed by atoms with Gasteiger partial charge in [-0.2, -0.15) is 0 Å². The van der Waals surface area contributed by atoms with Gasteiger partial charge in [-0.05, 0) is 49.2 Å². The Morgan fingerprint density at radius 1 is 1.03 bits per heavy atom. The molecule has 1 aliphatic rings. The van der Waals surface area contributed by atoms with Gasteiger partial charge in [0.2, 0.25) is 0 Å². The number of hydrogen-bond acceptors (Lipinski definition) is 3. The third kappa shape index (κ3) is 5.04. The Bertz CT molecular complexity index is 986. The van der Waals surface area contributed by atoms with Gasteiger partial charge in [-0.3, -0.25) is 0 Å². The maximum Gasteiger partial charge on any atom is 0.123 e. The van der Waals surface area contributed by atoms with Gasteiger partial charge in [0.05, 0.1) is 16.1 Å². The van der Waals surface area contributed by atoms with Crippen molar-refractivity contribution in [2.24, 2.45) is 0 Å². The number of fused-ring (bicyclic) bond motifs is 1. The molecule has 2 heterocycles. The van der Waals surface area contributed by atoms with E-state index in [1.54, 1.807) is 18.2 Å². The van der Waals surface area contributed by atoms with E-state index in [0.29, 0.717) is 23.1 Å². The van der Waals surface area contributed by atoms with Crippen LogP contribution in [0.3, 0.4) is 0 Å². The van der Waals surface area contributed by atoms with Crippen molar-refractivity contribution in [2.45, 2.75) is 31.6 Å². The van der Waals surface area contributed by atoms with Gasteiger partial charge in [0.25, 0.3) is 0 Å². The first kappa shape index (κ1) is 20.5. The highest BCUT2D eigenvalue weighted by Gasteiger charge is 2.22. The maximum absolute atomic E-state index is 13.3. The maximum atomic E-state index is 13.3. The Balaban J connectivity index is 1.27. The molecule has 7 heteroatoms. The van der Waals surface area contributed by atoms with E-state index in [4.69, 9.17) is 27.9 Å². The molecular formula is C22H23Cl2FN2O2. The summed E-state index contributed by atoms with van der Waals surface area (Å²) in [6.07, 6.45) is 3.30. The van der Waals surface area contributed by atoms with Gasteiger partial charge in [0.15, 0.2) is 0 Å². The molecule has 0 saturated carbocycles. The fourth-order valence-electron chi connectivity index (χ4n) is 3.87. The molecule has 4 nitrogen and oxygen atoms in total. The second kappa shape index (κ2) is 8.92. The van der Waals surface area contributed by atoms with E-state index in [1.807, 2.05) is 22.9 Å². The highest BCUT2D eigenvalue weighted by Crippen LogP contribution is 2.28. The van der Waals surface area contributed by atoms with Gasteiger partial charge in [-0.15, -0.1) is 0 Å². The van der Waals surface area contributed by atoms with Gasteiger partial charge in [0.1, 0.15) is 17.7 Å². The van der Waals surface area contributed by atoms with Gasteiger partial charge < -0.3 is 19.3 Å². The van der Waals surface area contributed by atoms with Crippen LogP contribution in [0.4, 0.5) is 4.39 Å². The van der Waals surface area contributed by atoms with Gasteiger partial charge in [-0.25, -0.2) is 4.39 Å². The number of hydrogen-bond donors (Lipinski definition) is 1. The number of nitrogens with zero attached hydrogens (tertiary/aromatic N) is 2. The minimum Gasteiger partial charge on any atom is -0.490 e. The Kier molecular flexibility index (Phi) is 6.30. The van der Waals surface area contributed by atoms with Crippen molar-refractivity contribution in [1.29, 1.82) is 0 Å². The highest BCUT2D eigenvalue weighted by molar-refractivity contribution is 6.42. The molecule has 1 fully saturated rings. The van der Waals surface area contributed by atoms with Crippen LogP contribution in [0.2, 0.25) is 10.0 Å². The quantitative estimate of drug-likeness (QED) is 0.591. The molecule has 1 N–H and O–H groups in total. The van der Waals surface area contributed by atoms with E-state index in [1.165, 1.54) is 12.1 Å². The van der Waals surface area contributed by atoms with Crippen molar-refractivity contribution in [1.82, 2.24) is 9.47 Å². The van der Waals surface area contributed by atoms with Crippen LogP contribution in [-0.4, -0.2) is 46.4 Å². The molecule has 1 aromatic heterocycles. The number of piperidine rings is 1. The van der Waals surface area contributed by atoms with Crippen LogP contribution in [0.25, 0.3) is 10.9 Å². The van der Waals surface area contributed by atoms with E-state index in [2.05, 4.69) is 4.90 Å². The lowest BCUT2D eigenvalue weighted by molar-refractivity contribution is 0.0553. The second-order valence-electron chi connectivity index (χ2n) is 7.52. The number of benzene rings is 2. The van der Waals surface area contributed by atoms with E-state index in [0.717, 1.165) is 42.6 Å². The number of likely N-dealkylation sites (tertiary alicyclic amines) is 1. The fourth-order valence-corrected chi connectivity index (χ4v) is 4.15. The Hall–Kier alpha value is -1.79. The minimum absolute atomic E-state index is 0.129. The van der Waals surface area contributed by atoms with Crippen LogP contribution in [0.5, 0.6) is 5.75 Å². The molecule has 0 amide bonds. The van der Waals surface area contributed by atoms with Crippen molar-refractivity contribution in [3.05, 3.63) is 64.5 Å². The zero-order valence-corrected chi connectivity index (χ0v) is 17.4. The zero-order chi connectivity index (χ0) is 20.4. The first-order valence-corrected chi connectivity index (χ1v) is 10.5. The minimum atomic E-state index is -0.497. The summed E-state index contributed by atoms with van der Waals surface area (Å²) < 4.78 is 21.3. The van der Waals surface area contributed by atoms with Crippen LogP contribution < -0.4 is 4.74 Å². The third-order valence-corrected chi connectivity index (χ3v) is 6.08. The summed E-state index contributed by atoms with van der Waals surface area (Å²) in [4.78, 5) is 2.25. The predicted molar refractivity (Wildman–Crippen MR) is 114 cm³/mol. The molecule has 0 aliphatic carbocycles. The molecule has 154 valence electrons. The molecule has 29 heavy (non-hydrogen) atoms. The summed E-state index contributed by atoms with van der Waals surface area (Å²) in [6, 6.07) is 11.9. The molecule has 3 aromatic rings. The van der Waals surface area contributed by atoms with Crippen LogP contribution >= 0.6 is 23.2 Å². The number of halogens is 3. The van der Waals surface area contributed by atoms with E-state index in [9.17, 15) is 9.50 Å². The van der Waals surface area contributed by atoms with Crippen molar-refractivity contribution < 1.29 is 14.2 Å². The molecule has 2 aromatic carbocycles. The summed E-state index contributed by atoms with van der Waals surface area (Å²) in [6.45, 7) is 2.80. The first-order chi connectivity index (χ1) is 14.0. The molecule has 0 spiro atoms. The Morgan fingerprint density at radius 3 is 2.59 bits per heavy atom. The molecule has 4 rings (SSSR count). The molecule has 0 unspecified atom stereocenters. The fraction of sp³-hybridized carbons (Fsp3) is 0.364. The molecular weight excluding hydrogens is 414 g/mol.